The molecule has 0 spiro atoms. The fourth-order valence-corrected chi connectivity index (χ4v) is 1.58. The van der Waals surface area contributed by atoms with Gasteiger partial charge in [-0.3, -0.25) is 5.32 Å². The highest BCUT2D eigenvalue weighted by molar-refractivity contribution is 5.96. The number of anilines is 1. The summed E-state index contributed by atoms with van der Waals surface area (Å²) in [6.45, 7) is 5.01. The molecule has 1 aromatic heterocycles. The zero-order valence-electron chi connectivity index (χ0n) is 11.5. The van der Waals surface area contributed by atoms with E-state index in [9.17, 15) is 18.0 Å². The van der Waals surface area contributed by atoms with E-state index in [1.54, 1.807) is 20.8 Å². The van der Waals surface area contributed by atoms with E-state index < -0.39 is 23.8 Å². The van der Waals surface area contributed by atoms with Gasteiger partial charge in [-0.15, -0.1) is 0 Å². The largest absolute Gasteiger partial charge is 0.468 e. The second-order valence-corrected chi connectivity index (χ2v) is 5.30. The Kier molecular flexibility index (Phi) is 3.56. The minimum atomic E-state index is -4.69. The molecule has 0 aliphatic heterocycles. The van der Waals surface area contributed by atoms with Gasteiger partial charge in [0.1, 0.15) is 11.1 Å². The molecular weight excluding hydrogens is 289 g/mol. The first-order valence-corrected chi connectivity index (χ1v) is 6.03. The maximum absolute atomic E-state index is 12.6. The van der Waals surface area contributed by atoms with Crippen LogP contribution in [0.2, 0.25) is 0 Å². The molecule has 0 radical (unpaired) electrons. The first kappa shape index (κ1) is 15.1. The number of ether oxygens (including phenoxy) is 1. The van der Waals surface area contributed by atoms with Crippen molar-refractivity contribution in [3.63, 3.8) is 0 Å². The third-order valence-electron chi connectivity index (χ3n) is 2.30. The number of nitrogens with zero attached hydrogens (tertiary/aromatic N) is 1. The molecule has 0 unspecified atom stereocenters. The summed E-state index contributed by atoms with van der Waals surface area (Å²) in [7, 11) is 0. The molecule has 0 saturated heterocycles. The Morgan fingerprint density at radius 1 is 1.29 bits per heavy atom. The lowest BCUT2D eigenvalue weighted by molar-refractivity contribution is -0.156. The van der Waals surface area contributed by atoms with Gasteiger partial charge in [0.2, 0.25) is 0 Å². The van der Waals surface area contributed by atoms with Crippen LogP contribution < -0.4 is 5.32 Å². The van der Waals surface area contributed by atoms with Crippen molar-refractivity contribution in [2.24, 2.45) is 0 Å². The summed E-state index contributed by atoms with van der Waals surface area (Å²) in [4.78, 5) is 15.0. The van der Waals surface area contributed by atoms with Crippen LogP contribution in [0.1, 0.15) is 26.7 Å². The van der Waals surface area contributed by atoms with Gasteiger partial charge in [-0.25, -0.2) is 9.78 Å². The molecule has 2 aromatic rings. The van der Waals surface area contributed by atoms with Crippen molar-refractivity contribution in [1.29, 1.82) is 0 Å². The topological polar surface area (TPSA) is 64.4 Å². The Labute approximate surface area is 118 Å². The van der Waals surface area contributed by atoms with E-state index in [1.807, 2.05) is 0 Å². The minimum Gasteiger partial charge on any atom is -0.444 e. The Morgan fingerprint density at radius 3 is 2.52 bits per heavy atom. The SMILES string of the molecule is CC(C)(C)OC(=O)Nc1cccc2oc(C(F)(F)F)nc12. The maximum Gasteiger partial charge on any atom is 0.468 e. The molecule has 5 nitrogen and oxygen atoms in total. The fraction of sp³-hybridized carbons (Fsp3) is 0.385. The zero-order chi connectivity index (χ0) is 15.8. The summed E-state index contributed by atoms with van der Waals surface area (Å²) in [5, 5.41) is 2.36. The Balaban J connectivity index is 2.32. The molecule has 0 fully saturated rings. The number of nitrogens with one attached hydrogen (secondary N) is 1. The number of carbonyl (C=O) groups excluding carboxylic acids is 1. The van der Waals surface area contributed by atoms with E-state index in [1.165, 1.54) is 18.2 Å². The van der Waals surface area contributed by atoms with Gasteiger partial charge in [-0.05, 0) is 32.9 Å². The smallest absolute Gasteiger partial charge is 0.444 e. The van der Waals surface area contributed by atoms with E-state index in [0.29, 0.717) is 0 Å². The van der Waals surface area contributed by atoms with Crippen molar-refractivity contribution in [2.45, 2.75) is 32.5 Å². The van der Waals surface area contributed by atoms with Crippen LogP contribution >= 0.6 is 0 Å². The number of carbonyl (C=O) groups is 1. The summed E-state index contributed by atoms with van der Waals surface area (Å²) in [6, 6.07) is 4.19. The Hall–Kier alpha value is -2.25. The van der Waals surface area contributed by atoms with E-state index in [0.717, 1.165) is 0 Å². The highest BCUT2D eigenvalue weighted by Gasteiger charge is 2.37. The second kappa shape index (κ2) is 4.94. The lowest BCUT2D eigenvalue weighted by Gasteiger charge is -2.19. The van der Waals surface area contributed by atoms with E-state index in [2.05, 4.69) is 14.7 Å². The van der Waals surface area contributed by atoms with Gasteiger partial charge >= 0.3 is 18.2 Å². The van der Waals surface area contributed by atoms with Gasteiger partial charge < -0.3 is 9.15 Å². The van der Waals surface area contributed by atoms with E-state index in [-0.39, 0.29) is 16.8 Å². The number of hydrogen-bond acceptors (Lipinski definition) is 4. The number of benzene rings is 1. The van der Waals surface area contributed by atoms with Crippen LogP contribution in [0, 0.1) is 0 Å². The van der Waals surface area contributed by atoms with Crippen LogP contribution in [0.25, 0.3) is 11.1 Å². The molecule has 8 heteroatoms. The third-order valence-corrected chi connectivity index (χ3v) is 2.30. The molecule has 2 rings (SSSR count). The second-order valence-electron chi connectivity index (χ2n) is 5.30. The van der Waals surface area contributed by atoms with Crippen LogP contribution in [0.5, 0.6) is 0 Å². The van der Waals surface area contributed by atoms with Crippen molar-refractivity contribution in [2.75, 3.05) is 5.32 Å². The molecule has 114 valence electrons. The first-order valence-electron chi connectivity index (χ1n) is 6.03. The normalized spacial score (nSPS) is 12.5. The lowest BCUT2D eigenvalue weighted by Crippen LogP contribution is -2.27. The molecular formula is C13H13F3N2O3. The standard InChI is InChI=1S/C13H13F3N2O3/c1-12(2,3)21-11(19)17-7-5-4-6-8-9(7)18-10(20-8)13(14,15)16/h4-6H,1-3H3,(H,17,19). The van der Waals surface area contributed by atoms with Crippen molar-refractivity contribution >= 4 is 22.9 Å². The molecule has 1 amide bonds. The van der Waals surface area contributed by atoms with Crippen molar-refractivity contribution in [3.05, 3.63) is 24.1 Å². The number of halogens is 3. The molecule has 1 aromatic carbocycles. The van der Waals surface area contributed by atoms with Gasteiger partial charge in [0, 0.05) is 0 Å². The summed E-state index contributed by atoms with van der Waals surface area (Å²) in [6.07, 6.45) is -5.48. The number of aromatic nitrogens is 1. The summed E-state index contributed by atoms with van der Waals surface area (Å²) < 4.78 is 47.4. The first-order chi connectivity index (χ1) is 9.56. The number of rotatable bonds is 1. The summed E-state index contributed by atoms with van der Waals surface area (Å²) >= 11 is 0. The van der Waals surface area contributed by atoms with Crippen LogP contribution in [0.4, 0.5) is 23.7 Å². The maximum atomic E-state index is 12.6. The predicted molar refractivity (Wildman–Crippen MR) is 68.9 cm³/mol. The quantitative estimate of drug-likeness (QED) is 0.857. The number of para-hydroxylation sites is 1. The van der Waals surface area contributed by atoms with Gasteiger partial charge in [0.05, 0.1) is 5.69 Å². The van der Waals surface area contributed by atoms with Crippen molar-refractivity contribution in [3.8, 4) is 0 Å². The molecule has 21 heavy (non-hydrogen) atoms. The van der Waals surface area contributed by atoms with Crippen molar-refractivity contribution < 1.29 is 27.1 Å². The molecule has 0 saturated carbocycles. The number of fused-ring (bicyclic) bond motifs is 1. The molecule has 0 aliphatic rings. The Bertz CT molecular complexity index is 671. The number of amides is 1. The van der Waals surface area contributed by atoms with Crippen LogP contribution in [-0.2, 0) is 10.9 Å². The Morgan fingerprint density at radius 2 is 1.95 bits per heavy atom. The summed E-state index contributed by atoms with van der Waals surface area (Å²) in [5.74, 6) is -1.36. The zero-order valence-corrected chi connectivity index (χ0v) is 11.5. The molecule has 0 bridgehead atoms. The predicted octanol–water partition coefficient (Wildman–Crippen LogP) is 4.19. The van der Waals surface area contributed by atoms with E-state index >= 15 is 0 Å². The monoisotopic (exact) mass is 302 g/mol. The van der Waals surface area contributed by atoms with Gasteiger partial charge in [0.15, 0.2) is 5.58 Å². The van der Waals surface area contributed by atoms with Crippen LogP contribution in [-0.4, -0.2) is 16.7 Å². The van der Waals surface area contributed by atoms with E-state index in [4.69, 9.17) is 4.74 Å². The number of hydrogen-bond donors (Lipinski definition) is 1. The van der Waals surface area contributed by atoms with Gasteiger partial charge in [-0.1, -0.05) is 6.07 Å². The van der Waals surface area contributed by atoms with Crippen LogP contribution in [0.3, 0.4) is 0 Å². The molecule has 0 aliphatic carbocycles. The van der Waals surface area contributed by atoms with Crippen molar-refractivity contribution in [1.82, 2.24) is 4.98 Å². The number of oxazole rings is 1. The molecule has 0 atom stereocenters. The average molecular weight is 302 g/mol. The third kappa shape index (κ3) is 3.65. The highest BCUT2D eigenvalue weighted by Crippen LogP contribution is 2.33. The lowest BCUT2D eigenvalue weighted by atomic mass is 10.2. The van der Waals surface area contributed by atoms with Crippen LogP contribution in [0.15, 0.2) is 22.6 Å². The molecule has 1 heterocycles. The molecule has 1 N–H and O–H groups in total. The average Bonchev–Trinajstić information content (AvgIpc) is 2.70. The van der Waals surface area contributed by atoms with Gasteiger partial charge in [0.25, 0.3) is 0 Å². The fourth-order valence-electron chi connectivity index (χ4n) is 1.58. The minimum absolute atomic E-state index is 0.0733. The highest BCUT2D eigenvalue weighted by atomic mass is 19.4. The summed E-state index contributed by atoms with van der Waals surface area (Å²) in [5.41, 5.74) is -0.800. The number of alkyl halides is 3. The van der Waals surface area contributed by atoms with Gasteiger partial charge in [-0.2, -0.15) is 13.2 Å².